The molecule has 0 saturated carbocycles. The van der Waals surface area contributed by atoms with Crippen LogP contribution in [0.25, 0.3) is 0 Å². The Kier molecular flexibility index (Phi) is 2.55. The normalized spacial score (nSPS) is 10.6. The van der Waals surface area contributed by atoms with Gasteiger partial charge in [-0.1, -0.05) is 0 Å². The number of hydrogen-bond donors (Lipinski definition) is 0. The van der Waals surface area contributed by atoms with Crippen LogP contribution < -0.4 is 0 Å². The lowest BCUT2D eigenvalue weighted by Gasteiger charge is -1.95. The zero-order valence-electron chi connectivity index (χ0n) is 6.58. The lowest BCUT2D eigenvalue weighted by atomic mass is 10.4. The van der Waals surface area contributed by atoms with E-state index in [9.17, 15) is 0 Å². The molecule has 2 aromatic heterocycles. The first-order valence-corrected chi connectivity index (χ1v) is 5.26. The van der Waals surface area contributed by atoms with Gasteiger partial charge in [0.15, 0.2) is 4.67 Å². The monoisotopic (exact) mass is 304 g/mol. The van der Waals surface area contributed by atoms with E-state index in [2.05, 4.69) is 37.0 Å². The number of rotatable bonds is 2. The molecular formula is C8H6Br2N2O. The van der Waals surface area contributed by atoms with Gasteiger partial charge in [0.2, 0.25) is 0 Å². The van der Waals surface area contributed by atoms with E-state index < -0.39 is 0 Å². The summed E-state index contributed by atoms with van der Waals surface area (Å²) in [4.78, 5) is 0. The summed E-state index contributed by atoms with van der Waals surface area (Å²) in [5.74, 6) is 0.877. The average Bonchev–Trinajstić information content (AvgIpc) is 2.62. The molecule has 0 aromatic carbocycles. The molecule has 0 saturated heterocycles. The van der Waals surface area contributed by atoms with Crippen LogP contribution >= 0.6 is 31.9 Å². The van der Waals surface area contributed by atoms with Gasteiger partial charge in [0.1, 0.15) is 10.4 Å². The zero-order chi connectivity index (χ0) is 9.26. The SMILES string of the molecule is Brc1ccn(Cc2ccc(Br)o2)n1. The molecule has 13 heavy (non-hydrogen) atoms. The van der Waals surface area contributed by atoms with Crippen molar-refractivity contribution in [2.45, 2.75) is 6.54 Å². The fourth-order valence-corrected chi connectivity index (χ4v) is 1.68. The molecule has 0 fully saturated rings. The van der Waals surface area contributed by atoms with Crippen molar-refractivity contribution in [3.63, 3.8) is 0 Å². The lowest BCUT2D eigenvalue weighted by molar-refractivity contribution is 0.462. The Bertz CT molecular complexity index is 369. The molecule has 0 atom stereocenters. The smallest absolute Gasteiger partial charge is 0.169 e. The molecule has 0 aliphatic rings. The topological polar surface area (TPSA) is 31.0 Å². The summed E-state index contributed by atoms with van der Waals surface area (Å²) in [5.41, 5.74) is 0. The Morgan fingerprint density at radius 2 is 2.15 bits per heavy atom. The summed E-state index contributed by atoms with van der Waals surface area (Å²) < 4.78 is 8.71. The molecule has 0 amide bonds. The van der Waals surface area contributed by atoms with Gasteiger partial charge in [-0.3, -0.25) is 4.68 Å². The van der Waals surface area contributed by atoms with E-state index in [-0.39, 0.29) is 0 Å². The second kappa shape index (κ2) is 3.67. The fraction of sp³-hybridized carbons (Fsp3) is 0.125. The fourth-order valence-electron chi connectivity index (χ4n) is 1.02. The van der Waals surface area contributed by atoms with E-state index in [0.29, 0.717) is 6.54 Å². The van der Waals surface area contributed by atoms with Gasteiger partial charge in [-0.25, -0.2) is 0 Å². The van der Waals surface area contributed by atoms with Gasteiger partial charge in [-0.05, 0) is 50.1 Å². The van der Waals surface area contributed by atoms with Crippen molar-refractivity contribution in [1.29, 1.82) is 0 Å². The molecule has 0 aliphatic heterocycles. The number of nitrogens with zero attached hydrogens (tertiary/aromatic N) is 2. The van der Waals surface area contributed by atoms with Crippen LogP contribution in [-0.2, 0) is 6.54 Å². The third-order valence-corrected chi connectivity index (χ3v) is 2.40. The van der Waals surface area contributed by atoms with Gasteiger partial charge < -0.3 is 4.42 Å². The molecule has 0 spiro atoms. The van der Waals surface area contributed by atoms with Crippen molar-refractivity contribution < 1.29 is 4.42 Å². The van der Waals surface area contributed by atoms with Crippen LogP contribution in [0, 0.1) is 0 Å². The minimum Gasteiger partial charge on any atom is -0.452 e. The lowest BCUT2D eigenvalue weighted by Crippen LogP contribution is -1.98. The highest BCUT2D eigenvalue weighted by molar-refractivity contribution is 9.10. The van der Waals surface area contributed by atoms with E-state index >= 15 is 0 Å². The average molecular weight is 306 g/mol. The van der Waals surface area contributed by atoms with Crippen LogP contribution in [0.4, 0.5) is 0 Å². The highest BCUT2D eigenvalue weighted by Crippen LogP contribution is 2.15. The number of aromatic nitrogens is 2. The Morgan fingerprint density at radius 3 is 2.69 bits per heavy atom. The minimum absolute atomic E-state index is 0.650. The quantitative estimate of drug-likeness (QED) is 0.854. The predicted octanol–water partition coefficient (Wildman–Crippen LogP) is 3.05. The van der Waals surface area contributed by atoms with Crippen molar-refractivity contribution in [1.82, 2.24) is 9.78 Å². The van der Waals surface area contributed by atoms with Gasteiger partial charge in [0, 0.05) is 6.20 Å². The maximum atomic E-state index is 5.34. The third-order valence-electron chi connectivity index (χ3n) is 1.55. The molecule has 0 aliphatic carbocycles. The van der Waals surface area contributed by atoms with E-state index in [0.717, 1.165) is 15.0 Å². The van der Waals surface area contributed by atoms with Crippen molar-refractivity contribution in [3.05, 3.63) is 39.4 Å². The Labute approximate surface area is 92.0 Å². The molecule has 0 bridgehead atoms. The van der Waals surface area contributed by atoms with Crippen LogP contribution in [0.3, 0.4) is 0 Å². The first-order chi connectivity index (χ1) is 6.24. The van der Waals surface area contributed by atoms with Gasteiger partial charge >= 0.3 is 0 Å². The van der Waals surface area contributed by atoms with Crippen LogP contribution in [-0.4, -0.2) is 9.78 Å². The number of hydrogen-bond acceptors (Lipinski definition) is 2. The van der Waals surface area contributed by atoms with Gasteiger partial charge in [-0.2, -0.15) is 5.10 Å². The Balaban J connectivity index is 2.14. The molecule has 2 heterocycles. The molecule has 5 heteroatoms. The van der Waals surface area contributed by atoms with Crippen LogP contribution in [0.2, 0.25) is 0 Å². The van der Waals surface area contributed by atoms with Crippen LogP contribution in [0.15, 0.2) is 38.1 Å². The van der Waals surface area contributed by atoms with E-state index in [1.807, 2.05) is 24.4 Å². The van der Waals surface area contributed by atoms with Gasteiger partial charge in [0.25, 0.3) is 0 Å². The van der Waals surface area contributed by atoms with Crippen LogP contribution in [0.1, 0.15) is 5.76 Å². The maximum absolute atomic E-state index is 5.34. The summed E-state index contributed by atoms with van der Waals surface area (Å²) in [7, 11) is 0. The first kappa shape index (κ1) is 9.02. The minimum atomic E-state index is 0.650. The highest BCUT2D eigenvalue weighted by atomic mass is 79.9. The van der Waals surface area contributed by atoms with Crippen molar-refractivity contribution >= 4 is 31.9 Å². The molecule has 0 N–H and O–H groups in total. The highest BCUT2D eigenvalue weighted by Gasteiger charge is 2.01. The Morgan fingerprint density at radius 1 is 1.31 bits per heavy atom. The number of furan rings is 1. The third kappa shape index (κ3) is 2.22. The van der Waals surface area contributed by atoms with Gasteiger partial charge in [0.05, 0.1) is 6.54 Å². The standard InChI is InChI=1S/C8H6Br2N2O/c9-7-3-4-12(11-7)5-6-1-2-8(10)13-6/h1-4H,5H2. The summed E-state index contributed by atoms with van der Waals surface area (Å²) in [6.45, 7) is 0.650. The summed E-state index contributed by atoms with van der Waals surface area (Å²) >= 11 is 6.52. The first-order valence-electron chi connectivity index (χ1n) is 3.67. The van der Waals surface area contributed by atoms with E-state index in [1.165, 1.54) is 0 Å². The molecule has 2 aromatic rings. The van der Waals surface area contributed by atoms with Crippen molar-refractivity contribution in [2.24, 2.45) is 0 Å². The molecule has 3 nitrogen and oxygen atoms in total. The number of halogens is 2. The molecule has 0 radical (unpaired) electrons. The summed E-state index contributed by atoms with van der Waals surface area (Å²) in [6, 6.07) is 5.67. The largest absolute Gasteiger partial charge is 0.452 e. The zero-order valence-corrected chi connectivity index (χ0v) is 9.75. The molecule has 68 valence electrons. The molecular weight excluding hydrogens is 300 g/mol. The summed E-state index contributed by atoms with van der Waals surface area (Å²) in [6.07, 6.45) is 1.89. The van der Waals surface area contributed by atoms with E-state index in [1.54, 1.807) is 4.68 Å². The Hall–Kier alpha value is -0.550. The molecule has 2 rings (SSSR count). The second-order valence-electron chi connectivity index (χ2n) is 2.54. The second-order valence-corrected chi connectivity index (χ2v) is 4.14. The maximum Gasteiger partial charge on any atom is 0.169 e. The van der Waals surface area contributed by atoms with E-state index in [4.69, 9.17) is 4.42 Å². The summed E-state index contributed by atoms with van der Waals surface area (Å²) in [5, 5.41) is 4.17. The van der Waals surface area contributed by atoms with Gasteiger partial charge in [-0.15, -0.1) is 0 Å². The van der Waals surface area contributed by atoms with Crippen molar-refractivity contribution in [2.75, 3.05) is 0 Å². The van der Waals surface area contributed by atoms with Crippen molar-refractivity contribution in [3.8, 4) is 0 Å². The van der Waals surface area contributed by atoms with Crippen LogP contribution in [0.5, 0.6) is 0 Å². The molecule has 0 unspecified atom stereocenters. The predicted molar refractivity (Wildman–Crippen MR) is 55.4 cm³/mol.